The number of nitrogens with one attached hydrogen (secondary N) is 1. The standard InChI is InChI=1S/C17H14ClN3O3/c1-10(11-4-6-12(18)7-5-11)20-14(22)9-21-16(23)13-3-2-8-19-15(13)17(21)24/h2-8,10H,9H2,1H3,(H,20,22)/t10-/m1/s1. The van der Waals surface area contributed by atoms with Crippen LogP contribution in [0, 0.1) is 0 Å². The molecule has 0 saturated carbocycles. The van der Waals surface area contributed by atoms with Crippen molar-refractivity contribution in [3.63, 3.8) is 0 Å². The molecule has 0 bridgehead atoms. The number of benzene rings is 1. The van der Waals surface area contributed by atoms with E-state index in [1.54, 1.807) is 30.3 Å². The quantitative estimate of drug-likeness (QED) is 0.863. The van der Waals surface area contributed by atoms with Gasteiger partial charge in [-0.15, -0.1) is 0 Å². The van der Waals surface area contributed by atoms with Crippen LogP contribution in [0.5, 0.6) is 0 Å². The summed E-state index contributed by atoms with van der Waals surface area (Å²) >= 11 is 5.84. The fraction of sp³-hybridized carbons (Fsp3) is 0.176. The molecule has 24 heavy (non-hydrogen) atoms. The van der Waals surface area contributed by atoms with Crippen molar-refractivity contribution in [1.82, 2.24) is 15.2 Å². The first-order chi connectivity index (χ1) is 11.5. The number of pyridine rings is 1. The molecule has 1 N–H and O–H groups in total. The minimum Gasteiger partial charge on any atom is -0.348 e. The molecule has 0 saturated heterocycles. The molecule has 3 amide bonds. The lowest BCUT2D eigenvalue weighted by Crippen LogP contribution is -2.41. The van der Waals surface area contributed by atoms with Crippen LogP contribution >= 0.6 is 11.6 Å². The second kappa shape index (κ2) is 6.41. The second-order valence-electron chi connectivity index (χ2n) is 5.44. The Bertz CT molecular complexity index is 785. The van der Waals surface area contributed by atoms with Gasteiger partial charge in [-0.05, 0) is 36.8 Å². The van der Waals surface area contributed by atoms with Gasteiger partial charge in [-0.3, -0.25) is 24.3 Å². The number of carbonyl (C=O) groups excluding carboxylic acids is 3. The lowest BCUT2D eigenvalue weighted by atomic mass is 10.1. The van der Waals surface area contributed by atoms with Crippen LogP contribution in [0.2, 0.25) is 5.02 Å². The number of amides is 3. The number of halogens is 1. The highest BCUT2D eigenvalue weighted by atomic mass is 35.5. The third-order valence-electron chi connectivity index (χ3n) is 3.78. The van der Waals surface area contributed by atoms with Gasteiger partial charge in [0.05, 0.1) is 11.6 Å². The maximum atomic E-state index is 12.2. The van der Waals surface area contributed by atoms with Gasteiger partial charge in [-0.1, -0.05) is 23.7 Å². The van der Waals surface area contributed by atoms with Crippen molar-refractivity contribution < 1.29 is 14.4 Å². The smallest absolute Gasteiger partial charge is 0.280 e. The highest BCUT2D eigenvalue weighted by molar-refractivity contribution is 6.30. The van der Waals surface area contributed by atoms with E-state index in [4.69, 9.17) is 11.6 Å². The van der Waals surface area contributed by atoms with Gasteiger partial charge in [0.25, 0.3) is 11.8 Å². The summed E-state index contributed by atoms with van der Waals surface area (Å²) in [6.07, 6.45) is 1.44. The average Bonchev–Trinajstić information content (AvgIpc) is 2.81. The van der Waals surface area contributed by atoms with Crippen molar-refractivity contribution >= 4 is 29.3 Å². The zero-order valence-corrected chi connectivity index (χ0v) is 13.6. The summed E-state index contributed by atoms with van der Waals surface area (Å²) in [6, 6.07) is 9.90. The van der Waals surface area contributed by atoms with Crippen molar-refractivity contribution in [2.45, 2.75) is 13.0 Å². The number of fused-ring (bicyclic) bond motifs is 1. The van der Waals surface area contributed by atoms with E-state index in [0.717, 1.165) is 10.5 Å². The molecule has 0 aliphatic carbocycles. The van der Waals surface area contributed by atoms with Gasteiger partial charge >= 0.3 is 0 Å². The van der Waals surface area contributed by atoms with E-state index in [1.807, 2.05) is 6.92 Å². The molecule has 2 heterocycles. The monoisotopic (exact) mass is 343 g/mol. The van der Waals surface area contributed by atoms with Crippen LogP contribution in [-0.2, 0) is 4.79 Å². The van der Waals surface area contributed by atoms with Crippen molar-refractivity contribution in [3.8, 4) is 0 Å². The average molecular weight is 344 g/mol. The number of hydrogen-bond donors (Lipinski definition) is 1. The van der Waals surface area contributed by atoms with Gasteiger partial charge in [-0.25, -0.2) is 0 Å². The van der Waals surface area contributed by atoms with E-state index in [1.165, 1.54) is 12.3 Å². The molecule has 1 aromatic carbocycles. The van der Waals surface area contributed by atoms with Gasteiger partial charge in [0, 0.05) is 11.2 Å². The Morgan fingerprint density at radius 2 is 1.92 bits per heavy atom. The maximum Gasteiger partial charge on any atom is 0.280 e. The van der Waals surface area contributed by atoms with Crippen molar-refractivity contribution in [1.29, 1.82) is 0 Å². The van der Waals surface area contributed by atoms with Gasteiger partial charge in [0.1, 0.15) is 12.2 Å². The van der Waals surface area contributed by atoms with Gasteiger partial charge in [-0.2, -0.15) is 0 Å². The highest BCUT2D eigenvalue weighted by Crippen LogP contribution is 2.20. The largest absolute Gasteiger partial charge is 0.348 e. The SMILES string of the molecule is C[C@@H](NC(=O)CN1C(=O)c2cccnc2C1=O)c1ccc(Cl)cc1. The second-order valence-corrected chi connectivity index (χ2v) is 5.87. The number of carbonyl (C=O) groups is 3. The number of nitrogens with zero attached hydrogens (tertiary/aromatic N) is 2. The van der Waals surface area contributed by atoms with E-state index < -0.39 is 17.7 Å². The summed E-state index contributed by atoms with van der Waals surface area (Å²) in [6.45, 7) is 1.47. The zero-order valence-electron chi connectivity index (χ0n) is 12.8. The van der Waals surface area contributed by atoms with Crippen LogP contribution in [-0.4, -0.2) is 34.2 Å². The zero-order chi connectivity index (χ0) is 17.3. The Morgan fingerprint density at radius 1 is 1.21 bits per heavy atom. The summed E-state index contributed by atoms with van der Waals surface area (Å²) in [5.41, 5.74) is 1.18. The van der Waals surface area contributed by atoms with E-state index >= 15 is 0 Å². The Labute approximate surface area is 143 Å². The third-order valence-corrected chi connectivity index (χ3v) is 4.03. The van der Waals surface area contributed by atoms with E-state index in [0.29, 0.717) is 5.02 Å². The molecule has 0 radical (unpaired) electrons. The van der Waals surface area contributed by atoms with E-state index in [2.05, 4.69) is 10.3 Å². The molecule has 0 unspecified atom stereocenters. The van der Waals surface area contributed by atoms with Crippen LogP contribution in [0.1, 0.15) is 39.4 Å². The van der Waals surface area contributed by atoms with Crippen molar-refractivity contribution in [2.24, 2.45) is 0 Å². The predicted molar refractivity (Wildman–Crippen MR) is 87.6 cm³/mol. The van der Waals surface area contributed by atoms with Crippen LogP contribution < -0.4 is 5.32 Å². The van der Waals surface area contributed by atoms with Crippen LogP contribution in [0.4, 0.5) is 0 Å². The number of aromatic nitrogens is 1. The molecular weight excluding hydrogens is 330 g/mol. The molecule has 6 nitrogen and oxygen atoms in total. The molecule has 0 spiro atoms. The molecule has 1 atom stereocenters. The van der Waals surface area contributed by atoms with E-state index in [9.17, 15) is 14.4 Å². The molecule has 0 fully saturated rings. The summed E-state index contributed by atoms with van der Waals surface area (Å²) in [4.78, 5) is 41.4. The summed E-state index contributed by atoms with van der Waals surface area (Å²) in [5.74, 6) is -1.48. The summed E-state index contributed by atoms with van der Waals surface area (Å²) in [7, 11) is 0. The minimum atomic E-state index is -0.551. The fourth-order valence-electron chi connectivity index (χ4n) is 2.52. The third kappa shape index (κ3) is 3.00. The number of hydrogen-bond acceptors (Lipinski definition) is 4. The Hall–Kier alpha value is -2.73. The molecule has 7 heteroatoms. The summed E-state index contributed by atoms with van der Waals surface area (Å²) < 4.78 is 0. The van der Waals surface area contributed by atoms with Crippen LogP contribution in [0.25, 0.3) is 0 Å². The van der Waals surface area contributed by atoms with Crippen LogP contribution in [0.15, 0.2) is 42.6 Å². The first-order valence-electron chi connectivity index (χ1n) is 7.33. The molecule has 1 aromatic heterocycles. The molecule has 1 aliphatic heterocycles. The lowest BCUT2D eigenvalue weighted by molar-refractivity contribution is -0.122. The Morgan fingerprint density at radius 3 is 2.58 bits per heavy atom. The first kappa shape index (κ1) is 16.1. The highest BCUT2D eigenvalue weighted by Gasteiger charge is 2.37. The molecule has 122 valence electrons. The first-order valence-corrected chi connectivity index (χ1v) is 7.71. The minimum absolute atomic E-state index is 0.0843. The fourth-order valence-corrected chi connectivity index (χ4v) is 2.65. The van der Waals surface area contributed by atoms with Crippen molar-refractivity contribution in [2.75, 3.05) is 6.54 Å². The Kier molecular flexibility index (Phi) is 4.31. The topological polar surface area (TPSA) is 79.4 Å². The molecule has 2 aromatic rings. The lowest BCUT2D eigenvalue weighted by Gasteiger charge is -2.17. The normalized spacial score (nSPS) is 14.5. The molecular formula is C17H14ClN3O3. The predicted octanol–water partition coefficient (Wildman–Crippen LogP) is 2.21. The number of imide groups is 1. The van der Waals surface area contributed by atoms with Gasteiger partial charge < -0.3 is 5.32 Å². The van der Waals surface area contributed by atoms with Crippen molar-refractivity contribution in [3.05, 3.63) is 64.4 Å². The van der Waals surface area contributed by atoms with Gasteiger partial charge in [0.2, 0.25) is 5.91 Å². The maximum absolute atomic E-state index is 12.2. The van der Waals surface area contributed by atoms with Gasteiger partial charge in [0.15, 0.2) is 0 Å². The summed E-state index contributed by atoms with van der Waals surface area (Å²) in [5, 5.41) is 3.37. The molecule has 3 rings (SSSR count). The molecule has 1 aliphatic rings. The van der Waals surface area contributed by atoms with E-state index in [-0.39, 0.29) is 23.8 Å². The number of rotatable bonds is 4. The Balaban J connectivity index is 1.66. The van der Waals surface area contributed by atoms with Crippen LogP contribution in [0.3, 0.4) is 0 Å².